The average molecular weight is 415 g/mol. The smallest absolute Gasteiger partial charge is 0.276 e. The normalized spacial score (nSPS) is 15.1. The van der Waals surface area contributed by atoms with Gasteiger partial charge in [0.25, 0.3) is 11.6 Å². The molecule has 152 valence electrons. The van der Waals surface area contributed by atoms with Crippen molar-refractivity contribution >= 4 is 35.0 Å². The van der Waals surface area contributed by atoms with E-state index in [9.17, 15) is 14.9 Å². The molecule has 3 rings (SSSR count). The highest BCUT2D eigenvalue weighted by Gasteiger charge is 2.30. The van der Waals surface area contributed by atoms with Crippen LogP contribution in [0.15, 0.2) is 40.4 Å². The summed E-state index contributed by atoms with van der Waals surface area (Å²) in [6.45, 7) is 4.45. The summed E-state index contributed by atoms with van der Waals surface area (Å²) in [5.74, 6) is 1.40. The van der Waals surface area contributed by atoms with E-state index < -0.39 is 4.92 Å². The Balaban J connectivity index is 1.63. The molecule has 0 bridgehead atoms. The minimum atomic E-state index is -0.432. The van der Waals surface area contributed by atoms with Gasteiger partial charge in [-0.3, -0.25) is 19.8 Å². The zero-order valence-electron chi connectivity index (χ0n) is 16.1. The first kappa shape index (κ1) is 20.5. The molecule has 29 heavy (non-hydrogen) atoms. The minimum Gasteiger partial charge on any atom is -0.486 e. The summed E-state index contributed by atoms with van der Waals surface area (Å²) in [7, 11) is 0. The summed E-state index contributed by atoms with van der Waals surface area (Å²) in [5, 5.41) is 14.2. The highest BCUT2D eigenvalue weighted by molar-refractivity contribution is 7.80. The fourth-order valence-electron chi connectivity index (χ4n) is 2.86. The van der Waals surface area contributed by atoms with Crippen molar-refractivity contribution in [3.8, 4) is 5.75 Å². The van der Waals surface area contributed by atoms with Crippen LogP contribution in [0.25, 0.3) is 6.08 Å². The van der Waals surface area contributed by atoms with E-state index in [0.29, 0.717) is 40.2 Å². The van der Waals surface area contributed by atoms with Gasteiger partial charge in [-0.25, -0.2) is 0 Å². The Labute approximate surface area is 173 Å². The van der Waals surface area contributed by atoms with Crippen LogP contribution in [0.3, 0.4) is 0 Å². The molecule has 1 saturated heterocycles. The van der Waals surface area contributed by atoms with E-state index in [-0.39, 0.29) is 18.2 Å². The molecule has 0 spiro atoms. The summed E-state index contributed by atoms with van der Waals surface area (Å²) in [6.07, 6.45) is 3.46. The van der Waals surface area contributed by atoms with Gasteiger partial charge in [0, 0.05) is 24.3 Å². The second-order valence-corrected chi connectivity index (χ2v) is 6.98. The van der Waals surface area contributed by atoms with E-state index in [4.69, 9.17) is 21.4 Å². The van der Waals surface area contributed by atoms with Gasteiger partial charge in [-0.1, -0.05) is 13.3 Å². The maximum Gasteiger partial charge on any atom is 0.276 e. The first-order valence-corrected chi connectivity index (χ1v) is 9.61. The number of aryl methyl sites for hydroxylation is 1. The van der Waals surface area contributed by atoms with Crippen molar-refractivity contribution in [3.05, 3.63) is 63.2 Å². The molecule has 1 N–H and O–H groups in total. The lowest BCUT2D eigenvalue weighted by atomic mass is 10.2. The third-order valence-corrected chi connectivity index (χ3v) is 4.74. The number of carbonyl (C=O) groups excluding carboxylic acids is 1. The van der Waals surface area contributed by atoms with Crippen molar-refractivity contribution < 1.29 is 18.9 Å². The van der Waals surface area contributed by atoms with Gasteiger partial charge in [-0.2, -0.15) is 0 Å². The van der Waals surface area contributed by atoms with Gasteiger partial charge in [0.2, 0.25) is 0 Å². The number of furan rings is 1. The molecular weight excluding hydrogens is 394 g/mol. The predicted molar refractivity (Wildman–Crippen MR) is 111 cm³/mol. The number of unbranched alkanes of at least 4 members (excludes halogenated alkanes) is 1. The molecule has 1 aliphatic heterocycles. The molecule has 1 fully saturated rings. The Morgan fingerprint density at radius 2 is 2.14 bits per heavy atom. The maximum absolute atomic E-state index is 12.4. The molecule has 0 unspecified atom stereocenters. The van der Waals surface area contributed by atoms with Crippen LogP contribution in [-0.2, 0) is 11.4 Å². The first-order chi connectivity index (χ1) is 13.9. The molecule has 2 heterocycles. The molecule has 1 aliphatic rings. The molecular formula is C20H21N3O5S. The number of hydrogen-bond donors (Lipinski definition) is 1. The summed E-state index contributed by atoms with van der Waals surface area (Å²) in [5.41, 5.74) is 0.939. The van der Waals surface area contributed by atoms with Crippen molar-refractivity contribution in [2.45, 2.75) is 33.3 Å². The molecule has 9 heteroatoms. The van der Waals surface area contributed by atoms with Crippen LogP contribution in [-0.4, -0.2) is 27.4 Å². The summed E-state index contributed by atoms with van der Waals surface area (Å²) < 4.78 is 11.3. The number of thiocarbonyl (C=S) groups is 1. The molecule has 0 atom stereocenters. The number of carbonyl (C=O) groups is 1. The number of hydrogen-bond acceptors (Lipinski definition) is 6. The van der Waals surface area contributed by atoms with Crippen molar-refractivity contribution in [2.24, 2.45) is 0 Å². The Morgan fingerprint density at radius 3 is 2.83 bits per heavy atom. The van der Waals surface area contributed by atoms with Crippen molar-refractivity contribution in [1.82, 2.24) is 10.2 Å². The van der Waals surface area contributed by atoms with E-state index >= 15 is 0 Å². The number of nitrogens with one attached hydrogen (secondary N) is 1. The van der Waals surface area contributed by atoms with Gasteiger partial charge in [0.15, 0.2) is 5.11 Å². The lowest BCUT2D eigenvalue weighted by Crippen LogP contribution is -2.31. The topological polar surface area (TPSA) is 97.9 Å². The van der Waals surface area contributed by atoms with E-state index in [1.165, 1.54) is 6.07 Å². The average Bonchev–Trinajstić information content (AvgIpc) is 3.23. The van der Waals surface area contributed by atoms with E-state index in [2.05, 4.69) is 12.2 Å². The van der Waals surface area contributed by atoms with Gasteiger partial charge in [-0.05, 0) is 49.8 Å². The Bertz CT molecular complexity index is 982. The molecule has 1 amide bonds. The number of nitro benzene ring substituents is 1. The zero-order chi connectivity index (χ0) is 21.0. The zero-order valence-corrected chi connectivity index (χ0v) is 17.0. The Morgan fingerprint density at radius 1 is 1.34 bits per heavy atom. The van der Waals surface area contributed by atoms with Gasteiger partial charge < -0.3 is 14.5 Å². The molecule has 0 aliphatic carbocycles. The highest BCUT2D eigenvalue weighted by atomic mass is 32.1. The molecule has 0 saturated carbocycles. The number of ether oxygens (including phenoxy) is 1. The second kappa shape index (κ2) is 8.87. The molecule has 0 radical (unpaired) electrons. The van der Waals surface area contributed by atoms with Crippen LogP contribution in [0, 0.1) is 17.0 Å². The van der Waals surface area contributed by atoms with Gasteiger partial charge in [0.1, 0.15) is 29.6 Å². The van der Waals surface area contributed by atoms with Crippen LogP contribution in [0.4, 0.5) is 5.69 Å². The number of nitro groups is 1. The summed E-state index contributed by atoms with van der Waals surface area (Å²) >= 11 is 5.22. The SMILES string of the molecule is CCCCN1C(=O)/C(=C\c2ccc(COc3ccc([N+](=O)[O-])c(C)c3)o2)NC1=S. The largest absolute Gasteiger partial charge is 0.486 e. The van der Waals surface area contributed by atoms with Gasteiger partial charge in [0.05, 0.1) is 4.92 Å². The Hall–Kier alpha value is -3.20. The molecule has 1 aromatic carbocycles. The summed E-state index contributed by atoms with van der Waals surface area (Å²) in [4.78, 5) is 24.4. The van der Waals surface area contributed by atoms with Crippen LogP contribution < -0.4 is 10.1 Å². The fourth-order valence-corrected chi connectivity index (χ4v) is 3.14. The van der Waals surface area contributed by atoms with E-state index in [0.717, 1.165) is 12.8 Å². The van der Waals surface area contributed by atoms with Gasteiger partial charge >= 0.3 is 0 Å². The quantitative estimate of drug-likeness (QED) is 0.302. The second-order valence-electron chi connectivity index (χ2n) is 6.60. The third-order valence-electron chi connectivity index (χ3n) is 4.41. The van der Waals surface area contributed by atoms with Crippen LogP contribution in [0.5, 0.6) is 5.75 Å². The third kappa shape index (κ3) is 4.80. The van der Waals surface area contributed by atoms with Crippen LogP contribution in [0.2, 0.25) is 0 Å². The number of rotatable bonds is 8. The maximum atomic E-state index is 12.4. The summed E-state index contributed by atoms with van der Waals surface area (Å²) in [6, 6.07) is 8.05. The number of amides is 1. The molecule has 1 aromatic heterocycles. The van der Waals surface area contributed by atoms with E-state index in [1.807, 2.05) is 0 Å². The highest BCUT2D eigenvalue weighted by Crippen LogP contribution is 2.24. The van der Waals surface area contributed by atoms with Crippen molar-refractivity contribution in [1.29, 1.82) is 0 Å². The van der Waals surface area contributed by atoms with Crippen molar-refractivity contribution in [3.63, 3.8) is 0 Å². The first-order valence-electron chi connectivity index (χ1n) is 9.20. The van der Waals surface area contributed by atoms with Crippen LogP contribution >= 0.6 is 12.2 Å². The number of nitrogens with zero attached hydrogens (tertiary/aromatic N) is 2. The predicted octanol–water partition coefficient (Wildman–Crippen LogP) is 3.93. The fraction of sp³-hybridized carbons (Fsp3) is 0.300. The minimum absolute atomic E-state index is 0.0453. The lowest BCUT2D eigenvalue weighted by molar-refractivity contribution is -0.385. The van der Waals surface area contributed by atoms with Crippen molar-refractivity contribution in [2.75, 3.05) is 6.54 Å². The monoisotopic (exact) mass is 415 g/mol. The Kier molecular flexibility index (Phi) is 6.28. The standard InChI is InChI=1S/C20H21N3O5S/c1-3-4-9-22-19(24)17(21-20(22)29)11-15-5-6-16(28-15)12-27-14-7-8-18(23(25)26)13(2)10-14/h5-8,10-11H,3-4,9,12H2,1-2H3,(H,21,29)/b17-11+. The lowest BCUT2D eigenvalue weighted by Gasteiger charge is -2.12. The van der Waals surface area contributed by atoms with E-state index in [1.54, 1.807) is 42.2 Å². The van der Waals surface area contributed by atoms with Crippen LogP contribution in [0.1, 0.15) is 36.8 Å². The molecule has 8 nitrogen and oxygen atoms in total. The number of benzene rings is 1. The molecule has 2 aromatic rings. The van der Waals surface area contributed by atoms with Gasteiger partial charge in [-0.15, -0.1) is 0 Å².